The van der Waals surface area contributed by atoms with Crippen molar-refractivity contribution >= 4 is 11.6 Å². The van der Waals surface area contributed by atoms with Crippen LogP contribution in [0.25, 0.3) is 0 Å². The number of rotatable bonds is 5. The number of amides is 1. The molecular formula is C13H16N4O3. The lowest BCUT2D eigenvalue weighted by Crippen LogP contribution is -2.25. The van der Waals surface area contributed by atoms with E-state index in [9.17, 15) is 4.79 Å². The standard InChI is InChI=1S/C13H16N4O3/c1-8-16-12(20-17-8)5-6-15-13(18)9-3-4-10(14)11(7-9)19-2/h3-4,7H,5-6,14H2,1-2H3,(H,15,18). The van der Waals surface area contributed by atoms with Crippen LogP contribution in [0.4, 0.5) is 5.69 Å². The molecule has 1 heterocycles. The van der Waals surface area contributed by atoms with Crippen molar-refractivity contribution in [1.29, 1.82) is 0 Å². The van der Waals surface area contributed by atoms with Gasteiger partial charge in [0.1, 0.15) is 5.75 Å². The molecule has 1 aromatic heterocycles. The number of aryl methyl sites for hydroxylation is 1. The highest BCUT2D eigenvalue weighted by Crippen LogP contribution is 2.21. The number of nitrogens with two attached hydrogens (primary N) is 1. The van der Waals surface area contributed by atoms with Crippen molar-refractivity contribution in [2.75, 3.05) is 19.4 Å². The van der Waals surface area contributed by atoms with Gasteiger partial charge in [0.15, 0.2) is 5.82 Å². The van der Waals surface area contributed by atoms with Crippen LogP contribution < -0.4 is 15.8 Å². The van der Waals surface area contributed by atoms with Crippen LogP contribution in [-0.4, -0.2) is 29.7 Å². The predicted octanol–water partition coefficient (Wildman–Crippen LogP) is 0.941. The Balaban J connectivity index is 1.91. The SMILES string of the molecule is COc1cc(C(=O)NCCc2nc(C)no2)ccc1N. The lowest BCUT2D eigenvalue weighted by atomic mass is 10.1. The van der Waals surface area contributed by atoms with Crippen LogP contribution in [0.3, 0.4) is 0 Å². The lowest BCUT2D eigenvalue weighted by molar-refractivity contribution is 0.0953. The zero-order chi connectivity index (χ0) is 14.5. The molecular weight excluding hydrogens is 260 g/mol. The van der Waals surface area contributed by atoms with E-state index in [1.54, 1.807) is 25.1 Å². The van der Waals surface area contributed by atoms with Crippen LogP contribution in [0.2, 0.25) is 0 Å². The molecule has 7 heteroatoms. The molecule has 0 aliphatic rings. The molecule has 7 nitrogen and oxygen atoms in total. The van der Waals surface area contributed by atoms with Gasteiger partial charge >= 0.3 is 0 Å². The number of nitrogen functional groups attached to an aromatic ring is 1. The number of hydrogen-bond donors (Lipinski definition) is 2. The number of methoxy groups -OCH3 is 1. The summed E-state index contributed by atoms with van der Waals surface area (Å²) >= 11 is 0. The molecule has 2 rings (SSSR count). The maximum absolute atomic E-state index is 11.9. The van der Waals surface area contributed by atoms with Crippen LogP contribution in [0.1, 0.15) is 22.1 Å². The molecule has 0 fully saturated rings. The summed E-state index contributed by atoms with van der Waals surface area (Å²) in [5.41, 5.74) is 6.67. The Bertz CT molecular complexity index is 609. The molecule has 20 heavy (non-hydrogen) atoms. The quantitative estimate of drug-likeness (QED) is 0.788. The van der Waals surface area contributed by atoms with E-state index in [2.05, 4.69) is 15.5 Å². The van der Waals surface area contributed by atoms with Crippen molar-refractivity contribution in [2.24, 2.45) is 0 Å². The first-order valence-corrected chi connectivity index (χ1v) is 6.11. The molecule has 3 N–H and O–H groups in total. The molecule has 0 atom stereocenters. The van der Waals surface area contributed by atoms with Gasteiger partial charge in [-0.15, -0.1) is 0 Å². The molecule has 0 radical (unpaired) electrons. The molecule has 106 valence electrons. The zero-order valence-corrected chi connectivity index (χ0v) is 11.3. The van der Waals surface area contributed by atoms with Gasteiger partial charge in [0.25, 0.3) is 5.91 Å². The van der Waals surface area contributed by atoms with Crippen LogP contribution in [0, 0.1) is 6.92 Å². The molecule has 0 unspecified atom stereocenters. The van der Waals surface area contributed by atoms with Gasteiger partial charge in [0.2, 0.25) is 5.89 Å². The Labute approximate surface area is 116 Å². The van der Waals surface area contributed by atoms with E-state index in [0.29, 0.717) is 41.7 Å². The fourth-order valence-corrected chi connectivity index (χ4v) is 1.68. The van der Waals surface area contributed by atoms with Gasteiger partial charge in [-0.1, -0.05) is 5.16 Å². The summed E-state index contributed by atoms with van der Waals surface area (Å²) in [5.74, 6) is 1.34. The van der Waals surface area contributed by atoms with E-state index in [-0.39, 0.29) is 5.91 Å². The molecule has 1 aromatic carbocycles. The molecule has 2 aromatic rings. The molecule has 0 spiro atoms. The average Bonchev–Trinajstić information content (AvgIpc) is 2.85. The third kappa shape index (κ3) is 3.25. The summed E-state index contributed by atoms with van der Waals surface area (Å²) in [6.45, 7) is 2.15. The number of hydrogen-bond acceptors (Lipinski definition) is 6. The second kappa shape index (κ2) is 6.05. The number of aromatic nitrogens is 2. The van der Waals surface area contributed by atoms with Crippen molar-refractivity contribution in [1.82, 2.24) is 15.5 Å². The maximum Gasteiger partial charge on any atom is 0.251 e. The van der Waals surface area contributed by atoms with Crippen molar-refractivity contribution in [3.05, 3.63) is 35.5 Å². The van der Waals surface area contributed by atoms with Crippen LogP contribution >= 0.6 is 0 Å². The number of anilines is 1. The van der Waals surface area contributed by atoms with Crippen molar-refractivity contribution in [3.8, 4) is 5.75 Å². The number of nitrogens with zero attached hydrogens (tertiary/aromatic N) is 2. The Kier molecular flexibility index (Phi) is 4.19. The minimum Gasteiger partial charge on any atom is -0.495 e. The average molecular weight is 276 g/mol. The Morgan fingerprint density at radius 2 is 2.30 bits per heavy atom. The number of carbonyl (C=O) groups is 1. The molecule has 1 amide bonds. The maximum atomic E-state index is 11.9. The van der Waals surface area contributed by atoms with E-state index < -0.39 is 0 Å². The highest BCUT2D eigenvalue weighted by atomic mass is 16.5. The third-order valence-corrected chi connectivity index (χ3v) is 2.69. The van der Waals surface area contributed by atoms with Gasteiger partial charge in [-0.05, 0) is 25.1 Å². The number of benzene rings is 1. The monoisotopic (exact) mass is 276 g/mol. The second-order valence-electron chi connectivity index (χ2n) is 4.20. The molecule has 0 bridgehead atoms. The lowest BCUT2D eigenvalue weighted by Gasteiger charge is -2.07. The van der Waals surface area contributed by atoms with Crippen LogP contribution in [-0.2, 0) is 6.42 Å². The topological polar surface area (TPSA) is 103 Å². The number of carbonyl (C=O) groups excluding carboxylic acids is 1. The molecule has 0 aliphatic heterocycles. The zero-order valence-electron chi connectivity index (χ0n) is 11.3. The fourth-order valence-electron chi connectivity index (χ4n) is 1.68. The van der Waals surface area contributed by atoms with Crippen molar-refractivity contribution < 1.29 is 14.1 Å². The van der Waals surface area contributed by atoms with E-state index >= 15 is 0 Å². The Hall–Kier alpha value is -2.57. The molecule has 0 saturated carbocycles. The van der Waals surface area contributed by atoms with Gasteiger partial charge in [-0.2, -0.15) is 4.98 Å². The minimum absolute atomic E-state index is 0.209. The van der Waals surface area contributed by atoms with Gasteiger partial charge in [0.05, 0.1) is 12.8 Å². The van der Waals surface area contributed by atoms with Gasteiger partial charge in [-0.25, -0.2) is 0 Å². The number of nitrogens with one attached hydrogen (secondary N) is 1. The summed E-state index contributed by atoms with van der Waals surface area (Å²) in [7, 11) is 1.51. The normalized spacial score (nSPS) is 10.3. The van der Waals surface area contributed by atoms with Gasteiger partial charge in [-0.3, -0.25) is 4.79 Å². The van der Waals surface area contributed by atoms with E-state index in [1.165, 1.54) is 7.11 Å². The van der Waals surface area contributed by atoms with Crippen LogP contribution in [0.15, 0.2) is 22.7 Å². The number of ether oxygens (including phenoxy) is 1. The third-order valence-electron chi connectivity index (χ3n) is 2.69. The highest BCUT2D eigenvalue weighted by molar-refractivity contribution is 5.95. The van der Waals surface area contributed by atoms with Gasteiger partial charge in [0, 0.05) is 18.5 Å². The van der Waals surface area contributed by atoms with E-state index in [0.717, 1.165) is 0 Å². The summed E-state index contributed by atoms with van der Waals surface area (Å²) in [6.07, 6.45) is 0.485. The highest BCUT2D eigenvalue weighted by Gasteiger charge is 2.09. The minimum atomic E-state index is -0.209. The Morgan fingerprint density at radius 1 is 1.50 bits per heavy atom. The summed E-state index contributed by atoms with van der Waals surface area (Å²) in [5, 5.41) is 6.44. The smallest absolute Gasteiger partial charge is 0.251 e. The fraction of sp³-hybridized carbons (Fsp3) is 0.308. The first kappa shape index (κ1) is 13.9. The van der Waals surface area contributed by atoms with E-state index in [4.69, 9.17) is 15.0 Å². The largest absolute Gasteiger partial charge is 0.495 e. The molecule has 0 aliphatic carbocycles. The van der Waals surface area contributed by atoms with Crippen LogP contribution in [0.5, 0.6) is 5.75 Å². The first-order chi connectivity index (χ1) is 9.60. The first-order valence-electron chi connectivity index (χ1n) is 6.11. The van der Waals surface area contributed by atoms with E-state index in [1.807, 2.05) is 0 Å². The second-order valence-corrected chi connectivity index (χ2v) is 4.20. The Morgan fingerprint density at radius 3 is 2.95 bits per heavy atom. The van der Waals surface area contributed by atoms with Crippen molar-refractivity contribution in [3.63, 3.8) is 0 Å². The molecule has 0 saturated heterocycles. The summed E-state index contributed by atoms with van der Waals surface area (Å²) in [4.78, 5) is 16.0. The van der Waals surface area contributed by atoms with Crippen molar-refractivity contribution in [2.45, 2.75) is 13.3 Å². The van der Waals surface area contributed by atoms with Gasteiger partial charge < -0.3 is 20.3 Å². The summed E-state index contributed by atoms with van der Waals surface area (Å²) < 4.78 is 10.0. The predicted molar refractivity (Wildman–Crippen MR) is 72.5 cm³/mol. The summed E-state index contributed by atoms with van der Waals surface area (Å²) in [6, 6.07) is 4.88.